The van der Waals surface area contributed by atoms with Crippen molar-refractivity contribution >= 4 is 53.5 Å². The Balaban J connectivity index is 3.32. The topological polar surface area (TPSA) is 89.7 Å². The molecule has 118 valence electrons. The van der Waals surface area contributed by atoms with E-state index in [4.69, 9.17) is 5.73 Å². The van der Waals surface area contributed by atoms with Crippen LogP contribution in [0.1, 0.15) is 13.3 Å². The van der Waals surface area contributed by atoms with Gasteiger partial charge in [-0.3, -0.25) is 4.79 Å². The number of nitrogens with zero attached hydrogens (tertiary/aromatic N) is 1. The lowest BCUT2D eigenvalue weighted by atomic mass is 10.3. The lowest BCUT2D eigenvalue weighted by molar-refractivity contribution is -0.140. The van der Waals surface area contributed by atoms with Gasteiger partial charge in [0.15, 0.2) is 0 Å². The van der Waals surface area contributed by atoms with Gasteiger partial charge >= 0.3 is 5.97 Å². The van der Waals surface area contributed by atoms with E-state index in [0.717, 1.165) is 4.31 Å². The first kappa shape index (κ1) is 18.4. The molecule has 0 bridgehead atoms. The van der Waals surface area contributed by atoms with Crippen LogP contribution in [0.25, 0.3) is 0 Å². The molecule has 0 heterocycles. The van der Waals surface area contributed by atoms with Crippen LogP contribution in [0.15, 0.2) is 26.0 Å². The molecular weight excluding hydrogens is 428 g/mol. The third-order valence-corrected chi connectivity index (χ3v) is 6.35. The van der Waals surface area contributed by atoms with Gasteiger partial charge in [0.25, 0.3) is 0 Å². The first-order valence-electron chi connectivity index (χ1n) is 6.05. The average Bonchev–Trinajstić information content (AvgIpc) is 2.36. The summed E-state index contributed by atoms with van der Waals surface area (Å²) < 4.78 is 31.8. The van der Waals surface area contributed by atoms with E-state index in [9.17, 15) is 13.2 Å². The molecule has 0 radical (unpaired) electrons. The lowest BCUT2D eigenvalue weighted by Crippen LogP contribution is -2.37. The van der Waals surface area contributed by atoms with E-state index in [-0.39, 0.29) is 18.0 Å². The van der Waals surface area contributed by atoms with Crippen molar-refractivity contribution in [2.45, 2.75) is 18.2 Å². The summed E-state index contributed by atoms with van der Waals surface area (Å²) in [5.74, 6) is -0.616. The molecule has 0 aliphatic carbocycles. The van der Waals surface area contributed by atoms with Crippen molar-refractivity contribution in [1.82, 2.24) is 4.31 Å². The van der Waals surface area contributed by atoms with Gasteiger partial charge < -0.3 is 10.5 Å². The number of esters is 1. The number of sulfonamides is 1. The minimum absolute atomic E-state index is 0.0362. The molecule has 0 unspecified atom stereocenters. The summed E-state index contributed by atoms with van der Waals surface area (Å²) in [5, 5.41) is 0. The highest BCUT2D eigenvalue weighted by Crippen LogP contribution is 2.34. The van der Waals surface area contributed by atoms with Crippen LogP contribution in [-0.2, 0) is 19.6 Å². The van der Waals surface area contributed by atoms with Crippen LogP contribution >= 0.6 is 31.9 Å². The van der Waals surface area contributed by atoms with Crippen molar-refractivity contribution in [3.8, 4) is 0 Å². The molecule has 1 aromatic carbocycles. The van der Waals surface area contributed by atoms with Crippen molar-refractivity contribution in [3.05, 3.63) is 21.1 Å². The summed E-state index contributed by atoms with van der Waals surface area (Å²) in [6, 6.07) is 3.00. The van der Waals surface area contributed by atoms with Crippen molar-refractivity contribution in [3.63, 3.8) is 0 Å². The number of hydrogen-bond acceptors (Lipinski definition) is 5. The molecule has 9 heteroatoms. The van der Waals surface area contributed by atoms with Crippen LogP contribution in [0.3, 0.4) is 0 Å². The summed E-state index contributed by atoms with van der Waals surface area (Å²) >= 11 is 6.41. The number of carbonyl (C=O) groups excluding carboxylic acids is 1. The van der Waals surface area contributed by atoms with Crippen LogP contribution in [0.5, 0.6) is 0 Å². The van der Waals surface area contributed by atoms with E-state index in [0.29, 0.717) is 21.1 Å². The molecule has 0 aromatic heterocycles. The monoisotopic (exact) mass is 442 g/mol. The predicted octanol–water partition coefficient (Wildman–Crippen LogP) is 2.37. The molecule has 0 saturated carbocycles. The van der Waals surface area contributed by atoms with Gasteiger partial charge in [-0.05, 0) is 50.4 Å². The number of carbonyl (C=O) groups is 1. The molecule has 21 heavy (non-hydrogen) atoms. The van der Waals surface area contributed by atoms with Gasteiger partial charge in [-0.2, -0.15) is 4.31 Å². The zero-order valence-electron chi connectivity index (χ0n) is 11.6. The zero-order valence-corrected chi connectivity index (χ0v) is 15.6. The molecule has 0 fully saturated rings. The van der Waals surface area contributed by atoms with Gasteiger partial charge in [0.05, 0.1) is 7.11 Å². The average molecular weight is 444 g/mol. The number of nitrogens with two attached hydrogens (primary N) is 1. The minimum Gasteiger partial charge on any atom is -0.468 e. The van der Waals surface area contributed by atoms with E-state index in [1.807, 2.05) is 6.92 Å². The maximum Gasteiger partial charge on any atom is 0.321 e. The number of benzene rings is 1. The quantitative estimate of drug-likeness (QED) is 0.538. The molecule has 0 aliphatic heterocycles. The lowest BCUT2D eigenvalue weighted by Gasteiger charge is -2.22. The number of anilines is 1. The summed E-state index contributed by atoms with van der Waals surface area (Å²) in [6.45, 7) is 1.70. The number of methoxy groups -OCH3 is 1. The predicted molar refractivity (Wildman–Crippen MR) is 87.3 cm³/mol. The van der Waals surface area contributed by atoms with Crippen LogP contribution < -0.4 is 5.73 Å². The first-order chi connectivity index (χ1) is 9.73. The second kappa shape index (κ2) is 7.57. The van der Waals surface area contributed by atoms with Gasteiger partial charge in [0.2, 0.25) is 10.0 Å². The van der Waals surface area contributed by atoms with E-state index in [1.165, 1.54) is 19.2 Å². The van der Waals surface area contributed by atoms with Crippen molar-refractivity contribution in [2.75, 3.05) is 25.9 Å². The molecule has 6 nitrogen and oxygen atoms in total. The summed E-state index contributed by atoms with van der Waals surface area (Å²) in [4.78, 5) is 11.5. The maximum atomic E-state index is 12.7. The highest BCUT2D eigenvalue weighted by Gasteiger charge is 2.30. The van der Waals surface area contributed by atoms with Crippen LogP contribution in [0.2, 0.25) is 0 Å². The number of rotatable bonds is 6. The van der Waals surface area contributed by atoms with Crippen molar-refractivity contribution < 1.29 is 17.9 Å². The van der Waals surface area contributed by atoms with Gasteiger partial charge in [0, 0.05) is 21.2 Å². The highest BCUT2D eigenvalue weighted by molar-refractivity contribution is 9.11. The molecule has 0 amide bonds. The Labute approximate surface area is 140 Å². The van der Waals surface area contributed by atoms with Gasteiger partial charge in [0.1, 0.15) is 11.4 Å². The fourth-order valence-electron chi connectivity index (χ4n) is 1.70. The molecule has 0 spiro atoms. The number of ether oxygens (including phenoxy) is 1. The highest BCUT2D eigenvalue weighted by atomic mass is 79.9. The van der Waals surface area contributed by atoms with Gasteiger partial charge in [-0.25, -0.2) is 8.42 Å². The molecule has 0 saturated heterocycles. The number of halogens is 2. The van der Waals surface area contributed by atoms with Gasteiger partial charge in [-0.15, -0.1) is 0 Å². The van der Waals surface area contributed by atoms with E-state index >= 15 is 0 Å². The summed E-state index contributed by atoms with van der Waals surface area (Å²) in [7, 11) is -2.65. The Morgan fingerprint density at radius 3 is 2.29 bits per heavy atom. The van der Waals surface area contributed by atoms with Crippen LogP contribution in [0, 0.1) is 0 Å². The Morgan fingerprint density at radius 1 is 1.33 bits per heavy atom. The van der Waals surface area contributed by atoms with E-state index in [1.54, 1.807) is 0 Å². The third kappa shape index (κ3) is 4.41. The van der Waals surface area contributed by atoms with Crippen molar-refractivity contribution in [2.24, 2.45) is 0 Å². The normalized spacial score (nSPS) is 11.7. The zero-order chi connectivity index (χ0) is 16.2. The Bertz CT molecular complexity index is 611. The molecule has 0 atom stereocenters. The molecule has 1 aromatic rings. The number of nitrogen functional groups attached to an aromatic ring is 1. The fourth-order valence-corrected chi connectivity index (χ4v) is 5.71. The Hall–Kier alpha value is -0.640. The standard InChI is InChI=1S/C12H16Br2N2O4S/c1-3-4-16(7-11(17)20-2)21(18,19)12-9(13)5-8(15)6-10(12)14/h5-6H,3-4,7,15H2,1-2H3. The SMILES string of the molecule is CCCN(CC(=O)OC)S(=O)(=O)c1c(Br)cc(N)cc1Br. The second-order valence-corrected chi connectivity index (χ2v) is 7.81. The van der Waals surface area contributed by atoms with E-state index in [2.05, 4.69) is 36.6 Å². The third-order valence-electron chi connectivity index (χ3n) is 2.62. The first-order valence-corrected chi connectivity index (χ1v) is 9.08. The summed E-state index contributed by atoms with van der Waals surface area (Å²) in [6.07, 6.45) is 0.570. The molecule has 0 aliphatic rings. The molecule has 2 N–H and O–H groups in total. The second-order valence-electron chi connectivity index (χ2n) is 4.23. The summed E-state index contributed by atoms with van der Waals surface area (Å²) in [5.41, 5.74) is 6.09. The Morgan fingerprint density at radius 2 is 1.86 bits per heavy atom. The number of hydrogen-bond donors (Lipinski definition) is 1. The fraction of sp³-hybridized carbons (Fsp3) is 0.417. The molecular formula is C12H16Br2N2O4S. The minimum atomic E-state index is -3.86. The van der Waals surface area contributed by atoms with Crippen LogP contribution in [-0.4, -0.2) is 38.9 Å². The van der Waals surface area contributed by atoms with E-state index < -0.39 is 16.0 Å². The van der Waals surface area contributed by atoms with Gasteiger partial charge in [-0.1, -0.05) is 6.92 Å². The van der Waals surface area contributed by atoms with Crippen molar-refractivity contribution in [1.29, 1.82) is 0 Å². The Kier molecular flexibility index (Phi) is 6.64. The maximum absolute atomic E-state index is 12.7. The molecule has 1 rings (SSSR count). The smallest absolute Gasteiger partial charge is 0.321 e. The largest absolute Gasteiger partial charge is 0.468 e. The van der Waals surface area contributed by atoms with Crippen LogP contribution in [0.4, 0.5) is 5.69 Å².